The molecule has 1 aliphatic carbocycles. The number of dihydropyridines is 1. The normalized spacial score (nSPS) is 23.5. The number of carbonyl (C=O) groups excluding carboxylic acids is 1. The van der Waals surface area contributed by atoms with E-state index in [1.807, 2.05) is 0 Å². The predicted molar refractivity (Wildman–Crippen MR) is 94.9 cm³/mol. The number of nitrogens with one attached hydrogen (secondary N) is 2. The Labute approximate surface area is 142 Å². The van der Waals surface area contributed by atoms with Gasteiger partial charge in [-0.15, -0.1) is 0 Å². The fourth-order valence-corrected chi connectivity index (χ4v) is 3.36. The van der Waals surface area contributed by atoms with Gasteiger partial charge in [-0.05, 0) is 11.8 Å². The number of nitrogens with zero attached hydrogens (tertiary/aromatic N) is 1. The molecule has 0 fully saturated rings. The van der Waals surface area contributed by atoms with E-state index in [0.29, 0.717) is 37.3 Å². The van der Waals surface area contributed by atoms with Gasteiger partial charge in [0.15, 0.2) is 5.78 Å². The topological polar surface area (TPSA) is 127 Å². The molecular formula is C17H27N5O2. The van der Waals surface area contributed by atoms with E-state index in [4.69, 9.17) is 21.6 Å². The molecule has 7 nitrogen and oxygen atoms in total. The third kappa shape index (κ3) is 3.73. The summed E-state index contributed by atoms with van der Waals surface area (Å²) in [5.74, 6) is -0.578. The summed E-state index contributed by atoms with van der Waals surface area (Å²) in [7, 11) is 1.65. The Morgan fingerprint density at radius 2 is 2.21 bits per heavy atom. The monoisotopic (exact) mass is 333 g/mol. The van der Waals surface area contributed by atoms with Crippen molar-refractivity contribution in [1.82, 2.24) is 5.32 Å². The number of hydrogen-bond acceptors (Lipinski definition) is 6. The molecule has 2 aliphatic rings. The number of amidine groups is 1. The van der Waals surface area contributed by atoms with Gasteiger partial charge in [0.25, 0.3) is 0 Å². The summed E-state index contributed by atoms with van der Waals surface area (Å²) in [5, 5.41) is 11.4. The Balaban J connectivity index is 2.47. The maximum atomic E-state index is 12.7. The highest BCUT2D eigenvalue weighted by Crippen LogP contribution is 2.42. The number of carbonyl (C=O) groups is 1. The average molecular weight is 333 g/mol. The van der Waals surface area contributed by atoms with Crippen LogP contribution in [0.25, 0.3) is 0 Å². The second kappa shape index (κ2) is 7.27. The molecule has 1 heterocycles. The smallest absolute Gasteiger partial charge is 0.162 e. The molecule has 2 rings (SSSR count). The molecule has 0 aromatic carbocycles. The zero-order valence-corrected chi connectivity index (χ0v) is 14.6. The third-order valence-electron chi connectivity index (χ3n) is 4.26. The minimum absolute atomic E-state index is 0.0397. The Bertz CT molecular complexity index is 631. The van der Waals surface area contributed by atoms with Gasteiger partial charge in [0.2, 0.25) is 0 Å². The van der Waals surface area contributed by atoms with E-state index in [-0.39, 0.29) is 17.0 Å². The van der Waals surface area contributed by atoms with Gasteiger partial charge < -0.3 is 21.5 Å². The molecule has 6 N–H and O–H groups in total. The Morgan fingerprint density at radius 1 is 1.50 bits per heavy atom. The number of Topliss-reactive ketones (excluding diaryl/α,β-unsaturated/α-hetero) is 1. The second-order valence-corrected chi connectivity index (χ2v) is 7.01. The Morgan fingerprint density at radius 3 is 2.79 bits per heavy atom. The molecule has 1 unspecified atom stereocenters. The van der Waals surface area contributed by atoms with Gasteiger partial charge >= 0.3 is 0 Å². The highest BCUT2D eigenvalue weighted by Gasteiger charge is 2.41. The van der Waals surface area contributed by atoms with Crippen LogP contribution in [0.3, 0.4) is 0 Å². The van der Waals surface area contributed by atoms with Gasteiger partial charge in [-0.2, -0.15) is 0 Å². The van der Waals surface area contributed by atoms with Crippen LogP contribution in [-0.4, -0.2) is 44.6 Å². The summed E-state index contributed by atoms with van der Waals surface area (Å²) in [6, 6.07) is 0. The number of ether oxygens (including phenoxy) is 1. The SMILES string of the molecule is CN=CC1=C(COCCN)NC2=C(C(=O)CC(C)(C)C2)C1C(=N)N. The first kappa shape index (κ1) is 18.4. The van der Waals surface area contributed by atoms with E-state index >= 15 is 0 Å². The largest absolute Gasteiger partial charge is 0.387 e. The lowest BCUT2D eigenvalue weighted by atomic mass is 9.70. The maximum Gasteiger partial charge on any atom is 0.162 e. The van der Waals surface area contributed by atoms with Crippen molar-refractivity contribution >= 4 is 17.8 Å². The summed E-state index contributed by atoms with van der Waals surface area (Å²) in [6.07, 6.45) is 2.83. The standard InChI is InChI=1S/C17H27N5O2/c1-17(2)6-11-15(13(23)7-17)14(16(19)20)10(8-21-3)12(22-11)9-24-5-4-18/h8,14,22H,4-7,9,18H2,1-3H3,(H3,19,20). The molecular weight excluding hydrogens is 306 g/mol. The molecule has 24 heavy (non-hydrogen) atoms. The van der Waals surface area contributed by atoms with Crippen LogP contribution in [0, 0.1) is 16.7 Å². The molecule has 0 aromatic heterocycles. The first-order valence-electron chi connectivity index (χ1n) is 8.11. The molecule has 0 radical (unpaired) electrons. The predicted octanol–water partition coefficient (Wildman–Crippen LogP) is 0.715. The molecule has 0 saturated heterocycles. The van der Waals surface area contributed by atoms with Crippen LogP contribution in [0.4, 0.5) is 0 Å². The van der Waals surface area contributed by atoms with Crippen molar-refractivity contribution in [3.05, 3.63) is 22.5 Å². The highest BCUT2D eigenvalue weighted by atomic mass is 16.5. The number of allylic oxidation sites excluding steroid dienone is 1. The molecule has 7 heteroatoms. The lowest BCUT2D eigenvalue weighted by Crippen LogP contribution is -2.43. The number of aliphatic imine (C=N–C) groups is 1. The Kier molecular flexibility index (Phi) is 5.56. The van der Waals surface area contributed by atoms with Crippen molar-refractivity contribution in [2.45, 2.75) is 26.7 Å². The minimum atomic E-state index is -0.565. The van der Waals surface area contributed by atoms with Crippen molar-refractivity contribution in [1.29, 1.82) is 5.41 Å². The second-order valence-electron chi connectivity index (χ2n) is 7.01. The zero-order chi connectivity index (χ0) is 17.9. The summed E-state index contributed by atoms with van der Waals surface area (Å²) >= 11 is 0. The lowest BCUT2D eigenvalue weighted by Gasteiger charge is -2.39. The van der Waals surface area contributed by atoms with E-state index < -0.39 is 5.92 Å². The van der Waals surface area contributed by atoms with Gasteiger partial charge in [0, 0.05) is 48.8 Å². The first-order valence-corrected chi connectivity index (χ1v) is 8.11. The van der Waals surface area contributed by atoms with E-state index in [2.05, 4.69) is 24.2 Å². The van der Waals surface area contributed by atoms with Gasteiger partial charge in [-0.25, -0.2) is 0 Å². The summed E-state index contributed by atoms with van der Waals surface area (Å²) in [4.78, 5) is 16.8. The van der Waals surface area contributed by atoms with Crippen LogP contribution in [0.15, 0.2) is 27.5 Å². The van der Waals surface area contributed by atoms with Crippen molar-refractivity contribution in [3.8, 4) is 0 Å². The molecule has 1 aliphatic heterocycles. The van der Waals surface area contributed by atoms with Crippen LogP contribution in [-0.2, 0) is 9.53 Å². The molecule has 132 valence electrons. The van der Waals surface area contributed by atoms with E-state index in [0.717, 1.165) is 17.8 Å². The minimum Gasteiger partial charge on any atom is -0.387 e. The lowest BCUT2D eigenvalue weighted by molar-refractivity contribution is -0.118. The van der Waals surface area contributed by atoms with Gasteiger partial charge in [0.05, 0.1) is 19.1 Å². The number of nitrogens with two attached hydrogens (primary N) is 2. The maximum absolute atomic E-state index is 12.7. The van der Waals surface area contributed by atoms with Crippen molar-refractivity contribution in [3.63, 3.8) is 0 Å². The number of ketones is 1. The van der Waals surface area contributed by atoms with Crippen LogP contribution in [0.1, 0.15) is 26.7 Å². The molecule has 0 bridgehead atoms. The van der Waals surface area contributed by atoms with Gasteiger partial charge in [0.1, 0.15) is 5.84 Å². The van der Waals surface area contributed by atoms with Crippen molar-refractivity contribution < 1.29 is 9.53 Å². The number of hydrogen-bond donors (Lipinski definition) is 4. The van der Waals surface area contributed by atoms with E-state index in [1.165, 1.54) is 0 Å². The molecule has 1 atom stereocenters. The third-order valence-corrected chi connectivity index (χ3v) is 4.26. The van der Waals surface area contributed by atoms with Crippen LogP contribution < -0.4 is 16.8 Å². The Hall–Kier alpha value is -1.99. The molecule has 0 aromatic rings. The average Bonchev–Trinajstić information content (AvgIpc) is 2.47. The summed E-state index contributed by atoms with van der Waals surface area (Å²) < 4.78 is 5.56. The van der Waals surface area contributed by atoms with E-state index in [1.54, 1.807) is 13.3 Å². The summed E-state index contributed by atoms with van der Waals surface area (Å²) in [6.45, 7) is 5.31. The van der Waals surface area contributed by atoms with E-state index in [9.17, 15) is 4.79 Å². The van der Waals surface area contributed by atoms with Crippen molar-refractivity contribution in [2.24, 2.45) is 27.8 Å². The molecule has 0 amide bonds. The fourth-order valence-electron chi connectivity index (χ4n) is 3.36. The highest BCUT2D eigenvalue weighted by molar-refractivity contribution is 6.08. The zero-order valence-electron chi connectivity index (χ0n) is 14.6. The quantitative estimate of drug-likeness (QED) is 0.323. The van der Waals surface area contributed by atoms with Gasteiger partial charge in [-0.1, -0.05) is 13.8 Å². The number of rotatable bonds is 6. The molecule has 0 spiro atoms. The van der Waals surface area contributed by atoms with Crippen LogP contribution in [0.2, 0.25) is 0 Å². The fraction of sp³-hybridized carbons (Fsp3) is 0.588. The first-order chi connectivity index (χ1) is 11.3. The molecule has 0 saturated carbocycles. The van der Waals surface area contributed by atoms with Crippen LogP contribution in [0.5, 0.6) is 0 Å². The van der Waals surface area contributed by atoms with Crippen molar-refractivity contribution in [2.75, 3.05) is 26.8 Å². The summed E-state index contributed by atoms with van der Waals surface area (Å²) in [5.41, 5.74) is 14.2. The van der Waals surface area contributed by atoms with Crippen LogP contribution >= 0.6 is 0 Å². The van der Waals surface area contributed by atoms with Gasteiger partial charge in [-0.3, -0.25) is 15.2 Å².